The summed E-state index contributed by atoms with van der Waals surface area (Å²) in [7, 11) is 0. The molecular formula is C19H23N3O. The summed E-state index contributed by atoms with van der Waals surface area (Å²) in [6.45, 7) is 6.24. The summed E-state index contributed by atoms with van der Waals surface area (Å²) in [4.78, 5) is 17.0. The van der Waals surface area contributed by atoms with Crippen LogP contribution in [0.5, 0.6) is 0 Å². The minimum absolute atomic E-state index is 0.0918. The third-order valence-corrected chi connectivity index (χ3v) is 4.40. The van der Waals surface area contributed by atoms with Gasteiger partial charge in [0.05, 0.1) is 0 Å². The second kappa shape index (κ2) is 6.84. The standard InChI is InChI=1S/C19H23N3O/c1-15-7-8-17(20)13-18(15)19(23)22-11-9-21(10-12-22)14-16-5-3-2-4-6-16/h2-8,13H,9-12,14,20H2,1H3. The molecule has 1 amide bonds. The summed E-state index contributed by atoms with van der Waals surface area (Å²) >= 11 is 0. The highest BCUT2D eigenvalue weighted by Crippen LogP contribution is 2.17. The van der Waals surface area contributed by atoms with Crippen molar-refractivity contribution >= 4 is 11.6 Å². The molecule has 2 aromatic rings. The lowest BCUT2D eigenvalue weighted by Crippen LogP contribution is -2.48. The van der Waals surface area contributed by atoms with E-state index in [9.17, 15) is 4.79 Å². The van der Waals surface area contributed by atoms with Gasteiger partial charge in [0.25, 0.3) is 5.91 Å². The van der Waals surface area contributed by atoms with Crippen LogP contribution >= 0.6 is 0 Å². The maximum absolute atomic E-state index is 12.7. The van der Waals surface area contributed by atoms with Crippen LogP contribution < -0.4 is 5.73 Å². The van der Waals surface area contributed by atoms with Gasteiger partial charge in [-0.2, -0.15) is 0 Å². The number of amides is 1. The first-order chi connectivity index (χ1) is 11.1. The van der Waals surface area contributed by atoms with E-state index in [0.717, 1.165) is 43.9 Å². The second-order valence-corrected chi connectivity index (χ2v) is 6.13. The first-order valence-electron chi connectivity index (χ1n) is 8.05. The van der Waals surface area contributed by atoms with Gasteiger partial charge in [0.1, 0.15) is 0 Å². The number of rotatable bonds is 3. The van der Waals surface area contributed by atoms with E-state index < -0.39 is 0 Å². The molecule has 3 rings (SSSR count). The lowest BCUT2D eigenvalue weighted by atomic mass is 10.1. The monoisotopic (exact) mass is 309 g/mol. The molecule has 2 N–H and O–H groups in total. The summed E-state index contributed by atoms with van der Waals surface area (Å²) < 4.78 is 0. The van der Waals surface area contributed by atoms with Crippen LogP contribution in [-0.2, 0) is 6.54 Å². The molecule has 0 radical (unpaired) electrons. The van der Waals surface area contributed by atoms with Crippen molar-refractivity contribution in [3.8, 4) is 0 Å². The van der Waals surface area contributed by atoms with Gasteiger partial charge in [0, 0.05) is 44.0 Å². The van der Waals surface area contributed by atoms with Crippen molar-refractivity contribution < 1.29 is 4.79 Å². The fraction of sp³-hybridized carbons (Fsp3) is 0.316. The molecule has 120 valence electrons. The summed E-state index contributed by atoms with van der Waals surface area (Å²) in [5.74, 6) is 0.0918. The predicted molar refractivity (Wildman–Crippen MR) is 93.2 cm³/mol. The highest BCUT2D eigenvalue weighted by Gasteiger charge is 2.23. The van der Waals surface area contributed by atoms with Crippen LogP contribution in [0.25, 0.3) is 0 Å². The van der Waals surface area contributed by atoms with Crippen molar-refractivity contribution in [2.45, 2.75) is 13.5 Å². The number of aryl methyl sites for hydroxylation is 1. The number of anilines is 1. The van der Waals surface area contributed by atoms with Crippen LogP contribution in [0.4, 0.5) is 5.69 Å². The molecule has 0 atom stereocenters. The third kappa shape index (κ3) is 3.71. The quantitative estimate of drug-likeness (QED) is 0.887. The van der Waals surface area contributed by atoms with Crippen LogP contribution in [0.2, 0.25) is 0 Å². The average Bonchev–Trinajstić information content (AvgIpc) is 2.58. The fourth-order valence-electron chi connectivity index (χ4n) is 2.99. The average molecular weight is 309 g/mol. The van der Waals surface area contributed by atoms with E-state index in [2.05, 4.69) is 29.2 Å². The van der Waals surface area contributed by atoms with Gasteiger partial charge in [-0.15, -0.1) is 0 Å². The van der Waals surface area contributed by atoms with E-state index in [-0.39, 0.29) is 5.91 Å². The van der Waals surface area contributed by atoms with E-state index >= 15 is 0 Å². The lowest BCUT2D eigenvalue weighted by Gasteiger charge is -2.35. The number of hydrogen-bond acceptors (Lipinski definition) is 3. The van der Waals surface area contributed by atoms with Gasteiger partial charge in [-0.25, -0.2) is 0 Å². The zero-order valence-electron chi connectivity index (χ0n) is 13.5. The summed E-state index contributed by atoms with van der Waals surface area (Å²) in [6, 6.07) is 16.0. The number of carbonyl (C=O) groups excluding carboxylic acids is 1. The maximum atomic E-state index is 12.7. The van der Waals surface area contributed by atoms with E-state index in [1.807, 2.05) is 30.0 Å². The molecule has 0 bridgehead atoms. The van der Waals surface area contributed by atoms with Crippen LogP contribution in [0.1, 0.15) is 21.5 Å². The zero-order chi connectivity index (χ0) is 16.2. The highest BCUT2D eigenvalue weighted by molar-refractivity contribution is 5.96. The van der Waals surface area contributed by atoms with Crippen LogP contribution in [-0.4, -0.2) is 41.9 Å². The summed E-state index contributed by atoms with van der Waals surface area (Å²) in [5, 5.41) is 0. The normalized spacial score (nSPS) is 15.6. The molecular weight excluding hydrogens is 286 g/mol. The van der Waals surface area contributed by atoms with Crippen LogP contribution in [0.3, 0.4) is 0 Å². The number of piperazine rings is 1. The van der Waals surface area contributed by atoms with Crippen LogP contribution in [0.15, 0.2) is 48.5 Å². The van der Waals surface area contributed by atoms with E-state index in [1.54, 1.807) is 6.07 Å². The Labute approximate surface area is 137 Å². The molecule has 23 heavy (non-hydrogen) atoms. The first-order valence-corrected chi connectivity index (χ1v) is 8.05. The number of nitrogen functional groups attached to an aromatic ring is 1. The molecule has 1 heterocycles. The van der Waals surface area contributed by atoms with Crippen molar-refractivity contribution in [1.29, 1.82) is 0 Å². The molecule has 0 saturated carbocycles. The summed E-state index contributed by atoms with van der Waals surface area (Å²) in [5.41, 5.74) is 9.49. The Bertz CT molecular complexity index is 676. The van der Waals surface area contributed by atoms with E-state index in [4.69, 9.17) is 5.73 Å². The third-order valence-electron chi connectivity index (χ3n) is 4.40. The SMILES string of the molecule is Cc1ccc(N)cc1C(=O)N1CCN(Cc2ccccc2)CC1. The summed E-state index contributed by atoms with van der Waals surface area (Å²) in [6.07, 6.45) is 0. The van der Waals surface area contributed by atoms with Crippen molar-refractivity contribution in [2.24, 2.45) is 0 Å². The number of nitrogens with zero attached hydrogens (tertiary/aromatic N) is 2. The molecule has 1 fully saturated rings. The van der Waals surface area contributed by atoms with Crippen molar-refractivity contribution in [3.63, 3.8) is 0 Å². The number of nitrogens with two attached hydrogens (primary N) is 1. The van der Waals surface area contributed by atoms with Crippen molar-refractivity contribution in [1.82, 2.24) is 9.80 Å². The molecule has 1 aliphatic heterocycles. The van der Waals surface area contributed by atoms with Gasteiger partial charge in [-0.1, -0.05) is 36.4 Å². The second-order valence-electron chi connectivity index (χ2n) is 6.13. The Morgan fingerprint density at radius 3 is 2.43 bits per heavy atom. The Hall–Kier alpha value is -2.33. The minimum atomic E-state index is 0.0918. The van der Waals surface area contributed by atoms with Crippen LogP contribution in [0, 0.1) is 6.92 Å². The van der Waals surface area contributed by atoms with Gasteiger partial charge < -0.3 is 10.6 Å². The Morgan fingerprint density at radius 1 is 1.04 bits per heavy atom. The zero-order valence-corrected chi connectivity index (χ0v) is 13.5. The van der Waals surface area contributed by atoms with Crippen molar-refractivity contribution in [2.75, 3.05) is 31.9 Å². The molecule has 2 aromatic carbocycles. The van der Waals surface area contributed by atoms with Gasteiger partial charge >= 0.3 is 0 Å². The Balaban J connectivity index is 1.60. The Kier molecular flexibility index (Phi) is 4.63. The molecule has 4 heteroatoms. The smallest absolute Gasteiger partial charge is 0.254 e. The molecule has 0 aromatic heterocycles. The van der Waals surface area contributed by atoms with E-state index in [0.29, 0.717) is 5.69 Å². The van der Waals surface area contributed by atoms with Gasteiger partial charge in [0.2, 0.25) is 0 Å². The minimum Gasteiger partial charge on any atom is -0.399 e. The maximum Gasteiger partial charge on any atom is 0.254 e. The first kappa shape index (κ1) is 15.6. The number of hydrogen-bond donors (Lipinski definition) is 1. The Morgan fingerprint density at radius 2 is 1.74 bits per heavy atom. The molecule has 0 spiro atoms. The largest absolute Gasteiger partial charge is 0.399 e. The molecule has 1 aliphatic rings. The molecule has 0 unspecified atom stereocenters. The van der Waals surface area contributed by atoms with Gasteiger partial charge in [-0.3, -0.25) is 9.69 Å². The highest BCUT2D eigenvalue weighted by atomic mass is 16.2. The molecule has 4 nitrogen and oxygen atoms in total. The lowest BCUT2D eigenvalue weighted by molar-refractivity contribution is 0.0628. The van der Waals surface area contributed by atoms with Gasteiger partial charge in [-0.05, 0) is 30.2 Å². The predicted octanol–water partition coefficient (Wildman–Crippen LogP) is 2.54. The molecule has 1 saturated heterocycles. The molecule has 0 aliphatic carbocycles. The topological polar surface area (TPSA) is 49.6 Å². The number of benzene rings is 2. The number of carbonyl (C=O) groups is 1. The van der Waals surface area contributed by atoms with E-state index in [1.165, 1.54) is 5.56 Å². The van der Waals surface area contributed by atoms with Gasteiger partial charge in [0.15, 0.2) is 0 Å². The fourth-order valence-corrected chi connectivity index (χ4v) is 2.99. The van der Waals surface area contributed by atoms with Crippen molar-refractivity contribution in [3.05, 3.63) is 65.2 Å².